The van der Waals surface area contributed by atoms with E-state index in [0.717, 1.165) is 17.7 Å². The van der Waals surface area contributed by atoms with E-state index in [2.05, 4.69) is 4.98 Å². The number of nitrogens with zero attached hydrogens (tertiary/aromatic N) is 2. The number of carbonyl (C=O) groups is 2. The lowest BCUT2D eigenvalue weighted by Gasteiger charge is -2.25. The summed E-state index contributed by atoms with van der Waals surface area (Å²) >= 11 is 0. The van der Waals surface area contributed by atoms with Crippen molar-refractivity contribution >= 4 is 17.4 Å². The van der Waals surface area contributed by atoms with Crippen LogP contribution in [0.15, 0.2) is 72.6 Å². The van der Waals surface area contributed by atoms with Gasteiger partial charge in [-0.15, -0.1) is 0 Å². The Bertz CT molecular complexity index is 1380. The largest absolute Gasteiger partial charge is 0.507 e. The molecule has 2 aromatic carbocycles. The van der Waals surface area contributed by atoms with Crippen LogP contribution in [0.5, 0.6) is 5.75 Å². The Morgan fingerprint density at radius 3 is 2.42 bits per heavy atom. The number of carbonyl (C=O) groups excluding carboxylic acids is 2. The number of rotatable bonds is 7. The number of likely N-dealkylation sites (tertiary alicyclic amines) is 1. The van der Waals surface area contributed by atoms with Crippen LogP contribution in [-0.4, -0.2) is 33.3 Å². The minimum atomic E-state index is -4.56. The number of ether oxygens (including phenoxy) is 1. The number of hydrogen-bond acceptors (Lipinski definition) is 5. The summed E-state index contributed by atoms with van der Waals surface area (Å²) in [6.07, 6.45) is -1.60. The van der Waals surface area contributed by atoms with Gasteiger partial charge >= 0.3 is 6.18 Å². The molecule has 1 aliphatic heterocycles. The van der Waals surface area contributed by atoms with E-state index in [4.69, 9.17) is 4.74 Å². The molecule has 0 radical (unpaired) electrons. The van der Waals surface area contributed by atoms with Gasteiger partial charge < -0.3 is 14.7 Å². The number of pyridine rings is 1. The van der Waals surface area contributed by atoms with E-state index in [1.807, 2.05) is 20.8 Å². The van der Waals surface area contributed by atoms with Crippen molar-refractivity contribution in [2.45, 2.75) is 45.5 Å². The quantitative estimate of drug-likeness (QED) is 0.225. The predicted molar refractivity (Wildman–Crippen MR) is 135 cm³/mol. The van der Waals surface area contributed by atoms with Gasteiger partial charge in [0, 0.05) is 24.5 Å². The van der Waals surface area contributed by atoms with Crippen molar-refractivity contribution in [1.82, 2.24) is 9.88 Å². The van der Waals surface area contributed by atoms with E-state index in [1.54, 1.807) is 30.3 Å². The summed E-state index contributed by atoms with van der Waals surface area (Å²) in [4.78, 5) is 31.7. The zero-order valence-electron chi connectivity index (χ0n) is 21.1. The summed E-state index contributed by atoms with van der Waals surface area (Å²) in [6, 6.07) is 11.8. The number of ketones is 1. The number of aromatic nitrogens is 1. The lowest BCUT2D eigenvalue weighted by molar-refractivity contribution is -0.140. The fraction of sp³-hybridized carbons (Fsp3) is 0.276. The molecule has 2 heterocycles. The van der Waals surface area contributed by atoms with Crippen LogP contribution in [0.1, 0.15) is 60.5 Å². The molecule has 4 rings (SSSR count). The van der Waals surface area contributed by atoms with Gasteiger partial charge in [-0.2, -0.15) is 13.2 Å². The van der Waals surface area contributed by atoms with Crippen molar-refractivity contribution in [2.24, 2.45) is 0 Å². The van der Waals surface area contributed by atoms with Crippen LogP contribution in [0.2, 0.25) is 0 Å². The maximum atomic E-state index is 13.3. The molecule has 9 heteroatoms. The molecule has 1 amide bonds. The molecular weight excluding hydrogens is 497 g/mol. The smallest absolute Gasteiger partial charge is 0.416 e. The van der Waals surface area contributed by atoms with Crippen LogP contribution in [0.3, 0.4) is 0 Å². The molecule has 1 unspecified atom stereocenters. The molecule has 1 saturated heterocycles. The SMILES string of the molecule is CCOc1ccc(/C(O)=C2/C(=O)C(=O)N(Cc3cccc(C(F)(F)F)c3)C2c2ccncc2)cc1C(C)C. The maximum absolute atomic E-state index is 13.3. The molecule has 198 valence electrons. The molecular formula is C29H27F3N2O4. The molecule has 1 N–H and O–H groups in total. The molecule has 1 aliphatic rings. The van der Waals surface area contributed by atoms with Gasteiger partial charge in [-0.05, 0) is 72.0 Å². The molecule has 38 heavy (non-hydrogen) atoms. The molecule has 0 saturated carbocycles. The Morgan fingerprint density at radius 2 is 1.79 bits per heavy atom. The lowest BCUT2D eigenvalue weighted by Crippen LogP contribution is -2.29. The molecule has 1 fully saturated rings. The first-order valence-corrected chi connectivity index (χ1v) is 12.1. The second-order valence-electron chi connectivity index (χ2n) is 9.25. The van der Waals surface area contributed by atoms with Gasteiger partial charge in [-0.3, -0.25) is 14.6 Å². The standard InChI is InChI=1S/C29H27F3N2O4/c1-4-38-23-9-8-20(15-22(23)17(2)3)26(35)24-25(19-10-12-33-13-11-19)34(28(37)27(24)36)16-18-6-5-7-21(14-18)29(30,31)32/h5-15,17,25,35H,4,16H2,1-3H3/b26-24-. The minimum absolute atomic E-state index is 0.0450. The minimum Gasteiger partial charge on any atom is -0.507 e. The molecule has 0 spiro atoms. The highest BCUT2D eigenvalue weighted by molar-refractivity contribution is 6.46. The summed E-state index contributed by atoms with van der Waals surface area (Å²) in [5.41, 5.74) is 0.823. The van der Waals surface area contributed by atoms with E-state index in [9.17, 15) is 27.9 Å². The first-order chi connectivity index (χ1) is 18.0. The Balaban J connectivity index is 1.84. The van der Waals surface area contributed by atoms with Gasteiger partial charge in [-0.1, -0.05) is 26.0 Å². The molecule has 6 nitrogen and oxygen atoms in total. The fourth-order valence-electron chi connectivity index (χ4n) is 4.57. The van der Waals surface area contributed by atoms with Gasteiger partial charge in [0.15, 0.2) is 0 Å². The second-order valence-corrected chi connectivity index (χ2v) is 9.25. The van der Waals surface area contributed by atoms with Gasteiger partial charge in [0.25, 0.3) is 11.7 Å². The van der Waals surface area contributed by atoms with Crippen LogP contribution in [0.25, 0.3) is 5.76 Å². The summed E-state index contributed by atoms with van der Waals surface area (Å²) < 4.78 is 45.6. The third-order valence-corrected chi connectivity index (χ3v) is 6.37. The topological polar surface area (TPSA) is 79.7 Å². The Hall–Kier alpha value is -4.14. The van der Waals surface area contributed by atoms with Crippen molar-refractivity contribution in [3.05, 3.63) is 100 Å². The van der Waals surface area contributed by atoms with Crippen molar-refractivity contribution in [1.29, 1.82) is 0 Å². The van der Waals surface area contributed by atoms with E-state index in [0.29, 0.717) is 23.5 Å². The summed E-state index contributed by atoms with van der Waals surface area (Å²) in [6.45, 7) is 5.98. The van der Waals surface area contributed by atoms with E-state index in [-0.39, 0.29) is 29.4 Å². The normalized spacial score (nSPS) is 17.3. The van der Waals surface area contributed by atoms with Crippen LogP contribution in [-0.2, 0) is 22.3 Å². The third kappa shape index (κ3) is 5.27. The second kappa shape index (κ2) is 10.7. The fourth-order valence-corrected chi connectivity index (χ4v) is 4.57. The molecule has 0 bridgehead atoms. The first kappa shape index (κ1) is 26.9. The van der Waals surface area contributed by atoms with Crippen molar-refractivity contribution in [2.75, 3.05) is 6.61 Å². The predicted octanol–water partition coefficient (Wildman–Crippen LogP) is 6.24. The maximum Gasteiger partial charge on any atom is 0.416 e. The Labute approximate surface area is 218 Å². The number of halogens is 3. The Kier molecular flexibility index (Phi) is 7.57. The Morgan fingerprint density at radius 1 is 1.08 bits per heavy atom. The van der Waals surface area contributed by atoms with Crippen LogP contribution < -0.4 is 4.74 Å². The molecule has 1 atom stereocenters. The highest BCUT2D eigenvalue weighted by Crippen LogP contribution is 2.41. The van der Waals surface area contributed by atoms with Gasteiger partial charge in [0.05, 0.1) is 23.8 Å². The monoisotopic (exact) mass is 524 g/mol. The summed E-state index contributed by atoms with van der Waals surface area (Å²) in [5.74, 6) is -1.52. The van der Waals surface area contributed by atoms with E-state index in [1.165, 1.54) is 29.4 Å². The first-order valence-electron chi connectivity index (χ1n) is 12.1. The number of hydrogen-bond donors (Lipinski definition) is 1. The van der Waals surface area contributed by atoms with Gasteiger partial charge in [-0.25, -0.2) is 0 Å². The molecule has 3 aromatic rings. The summed E-state index contributed by atoms with van der Waals surface area (Å²) in [5, 5.41) is 11.4. The number of alkyl halides is 3. The molecule has 0 aliphatic carbocycles. The van der Waals surface area contributed by atoms with Gasteiger partial charge in [0.2, 0.25) is 0 Å². The number of Topliss-reactive ketones (excluding diaryl/α,β-unsaturated/α-hetero) is 1. The number of aliphatic hydroxyl groups is 1. The van der Waals surface area contributed by atoms with Gasteiger partial charge in [0.1, 0.15) is 11.5 Å². The van der Waals surface area contributed by atoms with Crippen molar-refractivity contribution in [3.63, 3.8) is 0 Å². The van der Waals surface area contributed by atoms with Crippen LogP contribution in [0.4, 0.5) is 13.2 Å². The lowest BCUT2D eigenvalue weighted by atomic mass is 9.93. The van der Waals surface area contributed by atoms with Crippen molar-refractivity contribution < 1.29 is 32.6 Å². The third-order valence-electron chi connectivity index (χ3n) is 6.37. The molecule has 1 aromatic heterocycles. The number of aliphatic hydroxyl groups excluding tert-OH is 1. The zero-order chi connectivity index (χ0) is 27.6. The summed E-state index contributed by atoms with van der Waals surface area (Å²) in [7, 11) is 0. The van der Waals surface area contributed by atoms with Crippen molar-refractivity contribution in [3.8, 4) is 5.75 Å². The van der Waals surface area contributed by atoms with Crippen LogP contribution in [0, 0.1) is 0 Å². The van der Waals surface area contributed by atoms with E-state index >= 15 is 0 Å². The zero-order valence-corrected chi connectivity index (χ0v) is 21.1. The highest BCUT2D eigenvalue weighted by Gasteiger charge is 2.46. The number of benzene rings is 2. The number of amides is 1. The van der Waals surface area contributed by atoms with Crippen LogP contribution >= 0.6 is 0 Å². The highest BCUT2D eigenvalue weighted by atomic mass is 19.4. The average Bonchev–Trinajstić information content (AvgIpc) is 3.13. The van der Waals surface area contributed by atoms with E-state index < -0.39 is 29.5 Å². The average molecular weight is 525 g/mol.